The summed E-state index contributed by atoms with van der Waals surface area (Å²) in [4.78, 5) is 23.3. The molecule has 1 aromatic heterocycles. The van der Waals surface area contributed by atoms with Crippen LogP contribution in [0.25, 0.3) is 0 Å². The average molecular weight is 182 g/mol. The van der Waals surface area contributed by atoms with E-state index in [0.29, 0.717) is 11.3 Å². The van der Waals surface area contributed by atoms with Crippen molar-refractivity contribution in [1.29, 1.82) is 0 Å². The van der Waals surface area contributed by atoms with Crippen LogP contribution in [0.3, 0.4) is 0 Å². The molecule has 0 spiro atoms. The number of aromatic amines is 1. The number of aromatic nitrogens is 1. The van der Waals surface area contributed by atoms with Gasteiger partial charge in [-0.05, 0) is 5.56 Å². The molecule has 1 rings (SSSR count). The maximum absolute atomic E-state index is 10.3. The van der Waals surface area contributed by atoms with E-state index in [9.17, 15) is 9.59 Å². The molecule has 0 atom stereocenters. The fraction of sp³-hybridized carbons (Fsp3) is 0.250. The fourth-order valence-corrected chi connectivity index (χ4v) is 1.00. The molecule has 0 aliphatic carbocycles. The van der Waals surface area contributed by atoms with Gasteiger partial charge in [0.15, 0.2) is 0 Å². The number of carbonyl (C=O) groups is 2. The second-order valence-electron chi connectivity index (χ2n) is 2.53. The van der Waals surface area contributed by atoms with Crippen molar-refractivity contribution in [3.05, 3.63) is 23.5 Å². The largest absolute Gasteiger partial charge is 0.481 e. The molecular formula is C8H8NO4. The summed E-state index contributed by atoms with van der Waals surface area (Å²) in [5.74, 6) is -2.00. The van der Waals surface area contributed by atoms with Crippen molar-refractivity contribution >= 4 is 11.9 Å². The molecule has 0 aliphatic rings. The van der Waals surface area contributed by atoms with Crippen LogP contribution in [0.5, 0.6) is 0 Å². The van der Waals surface area contributed by atoms with Crippen molar-refractivity contribution in [2.75, 3.05) is 0 Å². The minimum atomic E-state index is -0.998. The average Bonchev–Trinajstić information content (AvgIpc) is 2.34. The standard InChI is InChI=1S/C8H8NO4/c10-7(11)3-5-1-2-9-6(5)4-8(12)13/h2,9H,3-4H2,(H,10,11)(H,12,13). The van der Waals surface area contributed by atoms with E-state index in [1.807, 2.05) is 0 Å². The first kappa shape index (κ1) is 9.31. The number of hydrogen-bond donors (Lipinski definition) is 3. The summed E-state index contributed by atoms with van der Waals surface area (Å²) in [6, 6.07) is 2.64. The smallest absolute Gasteiger partial charge is 0.309 e. The highest BCUT2D eigenvalue weighted by molar-refractivity contribution is 5.73. The van der Waals surface area contributed by atoms with Gasteiger partial charge in [0.05, 0.1) is 12.8 Å². The van der Waals surface area contributed by atoms with Crippen LogP contribution < -0.4 is 0 Å². The third-order valence-electron chi connectivity index (χ3n) is 1.51. The molecule has 0 amide bonds. The van der Waals surface area contributed by atoms with Crippen LogP contribution >= 0.6 is 0 Å². The number of hydrogen-bond acceptors (Lipinski definition) is 2. The Morgan fingerprint density at radius 1 is 1.31 bits per heavy atom. The number of aliphatic carboxylic acids is 2. The van der Waals surface area contributed by atoms with E-state index in [1.54, 1.807) is 0 Å². The zero-order valence-corrected chi connectivity index (χ0v) is 6.70. The van der Waals surface area contributed by atoms with E-state index >= 15 is 0 Å². The molecule has 1 radical (unpaired) electrons. The van der Waals surface area contributed by atoms with Crippen molar-refractivity contribution in [1.82, 2.24) is 4.98 Å². The zero-order valence-electron chi connectivity index (χ0n) is 6.70. The predicted molar refractivity (Wildman–Crippen MR) is 42.3 cm³/mol. The third-order valence-corrected chi connectivity index (χ3v) is 1.51. The lowest BCUT2D eigenvalue weighted by molar-refractivity contribution is -0.137. The first-order chi connectivity index (χ1) is 6.09. The summed E-state index contributed by atoms with van der Waals surface area (Å²) in [7, 11) is 0. The van der Waals surface area contributed by atoms with Gasteiger partial charge in [0.25, 0.3) is 0 Å². The van der Waals surface area contributed by atoms with Gasteiger partial charge in [-0.3, -0.25) is 9.59 Å². The van der Waals surface area contributed by atoms with Gasteiger partial charge in [-0.25, -0.2) is 0 Å². The van der Waals surface area contributed by atoms with Crippen LogP contribution in [0.15, 0.2) is 6.20 Å². The van der Waals surface area contributed by atoms with Gasteiger partial charge in [0.2, 0.25) is 0 Å². The maximum Gasteiger partial charge on any atom is 0.309 e. The number of carboxylic acid groups (broad SMARTS) is 2. The Hall–Kier alpha value is -1.78. The van der Waals surface area contributed by atoms with Gasteiger partial charge < -0.3 is 15.2 Å². The van der Waals surface area contributed by atoms with E-state index in [2.05, 4.69) is 11.1 Å². The summed E-state index contributed by atoms with van der Waals surface area (Å²) < 4.78 is 0. The van der Waals surface area contributed by atoms with Crippen LogP contribution in [0.1, 0.15) is 11.3 Å². The minimum absolute atomic E-state index is 0.202. The van der Waals surface area contributed by atoms with E-state index in [0.717, 1.165) is 0 Å². The van der Waals surface area contributed by atoms with E-state index < -0.39 is 11.9 Å². The van der Waals surface area contributed by atoms with E-state index in [4.69, 9.17) is 10.2 Å². The van der Waals surface area contributed by atoms with Gasteiger partial charge in [0.1, 0.15) is 0 Å². The van der Waals surface area contributed by atoms with Crippen molar-refractivity contribution in [2.45, 2.75) is 12.8 Å². The Morgan fingerprint density at radius 3 is 2.46 bits per heavy atom. The lowest BCUT2D eigenvalue weighted by Gasteiger charge is -1.96. The molecule has 0 aliphatic heterocycles. The molecule has 5 heteroatoms. The summed E-state index contributed by atoms with van der Waals surface area (Å²) >= 11 is 0. The lowest BCUT2D eigenvalue weighted by Crippen LogP contribution is -2.06. The SMILES string of the molecule is O=C(O)Cc1[c]c[nH]c1CC(=O)O. The highest BCUT2D eigenvalue weighted by Gasteiger charge is 2.10. The third kappa shape index (κ3) is 2.62. The number of H-pyrrole nitrogens is 1. The van der Waals surface area contributed by atoms with Crippen molar-refractivity contribution in [3.63, 3.8) is 0 Å². The summed E-state index contributed by atoms with van der Waals surface area (Å²) in [5.41, 5.74) is 0.796. The highest BCUT2D eigenvalue weighted by atomic mass is 16.4. The first-order valence-corrected chi connectivity index (χ1v) is 3.60. The molecule has 0 saturated carbocycles. The Labute approximate surface area is 74.0 Å². The second-order valence-corrected chi connectivity index (χ2v) is 2.53. The minimum Gasteiger partial charge on any atom is -0.481 e. The normalized spacial score (nSPS) is 9.85. The Kier molecular flexibility index (Phi) is 2.69. The summed E-state index contributed by atoms with van der Waals surface area (Å²) in [6.07, 6.45) is 1.01. The van der Waals surface area contributed by atoms with Crippen molar-refractivity contribution in [3.8, 4) is 0 Å². The van der Waals surface area contributed by atoms with Gasteiger partial charge in [-0.15, -0.1) is 0 Å². The van der Waals surface area contributed by atoms with Gasteiger partial charge in [-0.1, -0.05) is 0 Å². The number of rotatable bonds is 4. The monoisotopic (exact) mass is 182 g/mol. The number of carboxylic acids is 2. The van der Waals surface area contributed by atoms with Crippen molar-refractivity contribution < 1.29 is 19.8 Å². The quantitative estimate of drug-likeness (QED) is 0.614. The molecule has 1 aromatic rings. The van der Waals surface area contributed by atoms with Gasteiger partial charge >= 0.3 is 11.9 Å². The zero-order chi connectivity index (χ0) is 9.84. The summed E-state index contributed by atoms with van der Waals surface area (Å²) in [5, 5.41) is 16.9. The van der Waals surface area contributed by atoms with E-state index in [1.165, 1.54) is 6.20 Å². The second kappa shape index (κ2) is 3.75. The molecule has 0 bridgehead atoms. The molecule has 0 fully saturated rings. The predicted octanol–water partition coefficient (Wildman–Crippen LogP) is 0.0691. The Bertz CT molecular complexity index is 298. The Balaban J connectivity index is 2.76. The topological polar surface area (TPSA) is 90.4 Å². The first-order valence-electron chi connectivity index (χ1n) is 3.60. The van der Waals surface area contributed by atoms with Crippen LogP contribution in [0, 0.1) is 6.07 Å². The van der Waals surface area contributed by atoms with Crippen LogP contribution in [0.2, 0.25) is 0 Å². The molecule has 13 heavy (non-hydrogen) atoms. The Morgan fingerprint density at radius 2 is 1.92 bits per heavy atom. The fourth-order valence-electron chi connectivity index (χ4n) is 1.00. The highest BCUT2D eigenvalue weighted by Crippen LogP contribution is 2.07. The molecule has 1 heterocycles. The van der Waals surface area contributed by atoms with Crippen LogP contribution in [-0.2, 0) is 22.4 Å². The molecule has 69 valence electrons. The molecule has 0 unspecified atom stereocenters. The van der Waals surface area contributed by atoms with Crippen molar-refractivity contribution in [2.24, 2.45) is 0 Å². The summed E-state index contributed by atoms with van der Waals surface area (Å²) in [6.45, 7) is 0. The molecule has 3 N–H and O–H groups in total. The van der Waals surface area contributed by atoms with Crippen LogP contribution in [-0.4, -0.2) is 27.1 Å². The number of nitrogens with one attached hydrogen (secondary N) is 1. The molecule has 5 nitrogen and oxygen atoms in total. The van der Waals surface area contributed by atoms with Gasteiger partial charge in [-0.2, -0.15) is 0 Å². The van der Waals surface area contributed by atoms with Gasteiger partial charge in [0, 0.05) is 18.0 Å². The molecule has 0 aromatic carbocycles. The molecule has 0 saturated heterocycles. The lowest BCUT2D eigenvalue weighted by atomic mass is 10.1. The van der Waals surface area contributed by atoms with Crippen LogP contribution in [0.4, 0.5) is 0 Å². The van der Waals surface area contributed by atoms with E-state index in [-0.39, 0.29) is 12.8 Å². The molecular weight excluding hydrogens is 174 g/mol. The maximum atomic E-state index is 10.3.